The summed E-state index contributed by atoms with van der Waals surface area (Å²) in [5, 5.41) is 18.3. The van der Waals surface area contributed by atoms with E-state index in [1.54, 1.807) is 0 Å². The van der Waals surface area contributed by atoms with Crippen LogP contribution in [0.1, 0.15) is 28.3 Å². The molecule has 0 atom stereocenters. The van der Waals surface area contributed by atoms with E-state index in [2.05, 4.69) is 65.3 Å². The molecule has 0 bridgehead atoms. The molecule has 0 radical (unpaired) electrons. The minimum Gasteiger partial charge on any atom is -0.396 e. The van der Waals surface area contributed by atoms with Crippen molar-refractivity contribution in [1.82, 2.24) is 19.6 Å². The molecule has 1 N–H and O–H groups in total. The normalized spacial score (nSPS) is 11.1. The van der Waals surface area contributed by atoms with Crippen LogP contribution in [0.15, 0.2) is 36.4 Å². The van der Waals surface area contributed by atoms with E-state index in [-0.39, 0.29) is 6.61 Å². The third-order valence-corrected chi connectivity index (χ3v) is 4.52. The summed E-state index contributed by atoms with van der Waals surface area (Å²) in [7, 11) is 0. The first-order chi connectivity index (χ1) is 12.5. The summed E-state index contributed by atoms with van der Waals surface area (Å²) in [6, 6.07) is 12.5. The molecule has 0 spiro atoms. The molecule has 3 rings (SSSR count). The van der Waals surface area contributed by atoms with Gasteiger partial charge in [0.2, 0.25) is 0 Å². The topological polar surface area (TPSA) is 59.1 Å². The van der Waals surface area contributed by atoms with Crippen molar-refractivity contribution in [3.05, 3.63) is 64.7 Å². The number of nitrogens with zero attached hydrogens (tertiary/aromatic N) is 5. The number of aryl methyl sites for hydroxylation is 4. The number of rotatable bonds is 7. The number of hydrogen-bond acceptors (Lipinski definition) is 4. The van der Waals surface area contributed by atoms with Gasteiger partial charge < -0.3 is 10.0 Å². The Bertz CT molecular complexity index is 815. The van der Waals surface area contributed by atoms with E-state index in [1.165, 1.54) is 0 Å². The Morgan fingerprint density at radius 2 is 1.35 bits per heavy atom. The van der Waals surface area contributed by atoms with Crippen molar-refractivity contribution in [1.29, 1.82) is 0 Å². The zero-order valence-corrected chi connectivity index (χ0v) is 16.0. The molecule has 1 aromatic carbocycles. The second kappa shape index (κ2) is 7.74. The highest BCUT2D eigenvalue weighted by molar-refractivity contribution is 5.46. The molecule has 2 aromatic heterocycles. The highest BCUT2D eigenvalue weighted by atomic mass is 16.2. The lowest BCUT2D eigenvalue weighted by molar-refractivity contribution is 0.299. The minimum atomic E-state index is 0.167. The van der Waals surface area contributed by atoms with Gasteiger partial charge in [-0.15, -0.1) is 0 Å². The Hall–Kier alpha value is -2.60. The molecule has 0 saturated heterocycles. The van der Waals surface area contributed by atoms with Crippen molar-refractivity contribution in [2.75, 3.05) is 11.5 Å². The van der Waals surface area contributed by atoms with Gasteiger partial charge in [-0.25, -0.2) is 9.36 Å². The summed E-state index contributed by atoms with van der Waals surface area (Å²) < 4.78 is 4.03. The monoisotopic (exact) mass is 353 g/mol. The molecule has 26 heavy (non-hydrogen) atoms. The van der Waals surface area contributed by atoms with Gasteiger partial charge in [-0.3, -0.25) is 0 Å². The van der Waals surface area contributed by atoms with E-state index in [4.69, 9.17) is 5.11 Å². The van der Waals surface area contributed by atoms with Gasteiger partial charge in [0.05, 0.1) is 11.4 Å². The summed E-state index contributed by atoms with van der Waals surface area (Å²) >= 11 is 0. The molecule has 0 aliphatic heterocycles. The SMILES string of the molecule is Cc1cc(C)n(CN(Cn2nc(C)cc2C)c2ccc(CCO)cc2)n1. The molecule has 0 unspecified atom stereocenters. The Morgan fingerprint density at radius 3 is 1.73 bits per heavy atom. The Kier molecular flexibility index (Phi) is 5.42. The summed E-state index contributed by atoms with van der Waals surface area (Å²) in [6.45, 7) is 9.64. The molecule has 0 fully saturated rings. The van der Waals surface area contributed by atoms with Gasteiger partial charge in [0.25, 0.3) is 0 Å². The fourth-order valence-corrected chi connectivity index (χ4v) is 3.17. The van der Waals surface area contributed by atoms with Crippen molar-refractivity contribution >= 4 is 5.69 Å². The average Bonchev–Trinajstić information content (AvgIpc) is 3.08. The number of aromatic nitrogens is 4. The molecule has 3 aromatic rings. The molecular weight excluding hydrogens is 326 g/mol. The van der Waals surface area contributed by atoms with Crippen molar-refractivity contribution in [2.24, 2.45) is 0 Å². The van der Waals surface area contributed by atoms with Crippen LogP contribution in [-0.4, -0.2) is 31.3 Å². The van der Waals surface area contributed by atoms with Crippen molar-refractivity contribution in [3.63, 3.8) is 0 Å². The maximum absolute atomic E-state index is 9.12. The largest absolute Gasteiger partial charge is 0.396 e. The van der Waals surface area contributed by atoms with Crippen LogP contribution in [0, 0.1) is 27.7 Å². The highest BCUT2D eigenvalue weighted by Crippen LogP contribution is 2.19. The fourth-order valence-electron chi connectivity index (χ4n) is 3.17. The van der Waals surface area contributed by atoms with Crippen LogP contribution in [0.4, 0.5) is 5.69 Å². The van der Waals surface area contributed by atoms with Crippen molar-refractivity contribution in [2.45, 2.75) is 47.5 Å². The maximum Gasteiger partial charge on any atom is 0.114 e. The molecule has 138 valence electrons. The highest BCUT2D eigenvalue weighted by Gasteiger charge is 2.13. The Labute approximate surface area is 154 Å². The summed E-state index contributed by atoms with van der Waals surface area (Å²) in [4.78, 5) is 2.25. The van der Waals surface area contributed by atoms with E-state index in [0.717, 1.165) is 34.0 Å². The predicted octanol–water partition coefficient (Wildman–Crippen LogP) is 2.97. The van der Waals surface area contributed by atoms with Crippen LogP contribution in [0.25, 0.3) is 0 Å². The maximum atomic E-state index is 9.12. The first-order valence-electron chi connectivity index (χ1n) is 8.93. The van der Waals surface area contributed by atoms with E-state index in [0.29, 0.717) is 19.8 Å². The number of hydrogen-bond donors (Lipinski definition) is 1. The van der Waals surface area contributed by atoms with Crippen LogP contribution < -0.4 is 4.90 Å². The van der Waals surface area contributed by atoms with Crippen molar-refractivity contribution in [3.8, 4) is 0 Å². The molecule has 0 saturated carbocycles. The van der Waals surface area contributed by atoms with Crippen LogP contribution in [0.5, 0.6) is 0 Å². The number of benzene rings is 1. The van der Waals surface area contributed by atoms with E-state index in [1.807, 2.05) is 23.2 Å². The third kappa shape index (κ3) is 4.14. The lowest BCUT2D eigenvalue weighted by Gasteiger charge is -2.26. The summed E-state index contributed by atoms with van der Waals surface area (Å²) in [5.74, 6) is 0. The van der Waals surface area contributed by atoms with E-state index >= 15 is 0 Å². The lowest BCUT2D eigenvalue weighted by Crippen LogP contribution is -2.30. The minimum absolute atomic E-state index is 0.167. The van der Waals surface area contributed by atoms with Crippen molar-refractivity contribution < 1.29 is 5.11 Å². The van der Waals surface area contributed by atoms with Crippen LogP contribution >= 0.6 is 0 Å². The molecular formula is C20H27N5O. The van der Waals surface area contributed by atoms with Gasteiger partial charge in [-0.1, -0.05) is 12.1 Å². The van der Waals surface area contributed by atoms with E-state index in [9.17, 15) is 0 Å². The molecule has 0 aliphatic rings. The van der Waals surface area contributed by atoms with Gasteiger partial charge in [0.1, 0.15) is 13.3 Å². The van der Waals surface area contributed by atoms with Gasteiger partial charge in [0, 0.05) is 23.7 Å². The summed E-state index contributed by atoms with van der Waals surface area (Å²) in [5.41, 5.74) is 6.55. The number of aliphatic hydroxyl groups is 1. The molecule has 6 nitrogen and oxygen atoms in total. The zero-order chi connectivity index (χ0) is 18.7. The quantitative estimate of drug-likeness (QED) is 0.709. The number of anilines is 1. The smallest absolute Gasteiger partial charge is 0.114 e. The fraction of sp³-hybridized carbons (Fsp3) is 0.400. The first-order valence-corrected chi connectivity index (χ1v) is 8.93. The van der Waals surface area contributed by atoms with Gasteiger partial charge >= 0.3 is 0 Å². The lowest BCUT2D eigenvalue weighted by atomic mass is 10.1. The molecule has 0 aliphatic carbocycles. The summed E-state index contributed by atoms with van der Waals surface area (Å²) in [6.07, 6.45) is 0.676. The first kappa shape index (κ1) is 18.2. The van der Waals surface area contributed by atoms with Crippen LogP contribution in [0.2, 0.25) is 0 Å². The Morgan fingerprint density at radius 1 is 0.846 bits per heavy atom. The second-order valence-electron chi connectivity index (χ2n) is 6.82. The van der Waals surface area contributed by atoms with Crippen LogP contribution in [-0.2, 0) is 19.8 Å². The van der Waals surface area contributed by atoms with Gasteiger partial charge in [0.15, 0.2) is 0 Å². The molecule has 2 heterocycles. The van der Waals surface area contributed by atoms with Gasteiger partial charge in [-0.2, -0.15) is 10.2 Å². The second-order valence-corrected chi connectivity index (χ2v) is 6.82. The zero-order valence-electron chi connectivity index (χ0n) is 16.0. The Balaban J connectivity index is 1.89. The van der Waals surface area contributed by atoms with E-state index < -0.39 is 0 Å². The number of aliphatic hydroxyl groups excluding tert-OH is 1. The standard InChI is InChI=1S/C20H27N5O/c1-15-11-17(3)24(21-15)13-23(14-25-18(4)12-16(2)22-25)20-7-5-19(6-8-20)9-10-26/h5-8,11-12,26H,9-10,13-14H2,1-4H3. The third-order valence-electron chi connectivity index (χ3n) is 4.52. The molecule has 0 amide bonds. The molecule has 6 heteroatoms. The van der Waals surface area contributed by atoms with Gasteiger partial charge in [-0.05, 0) is 63.9 Å². The van der Waals surface area contributed by atoms with Crippen LogP contribution in [0.3, 0.4) is 0 Å². The average molecular weight is 353 g/mol. The predicted molar refractivity (Wildman–Crippen MR) is 103 cm³/mol.